The third kappa shape index (κ3) is 10.00. The molecule has 0 aromatic heterocycles. The van der Waals surface area contributed by atoms with Crippen molar-refractivity contribution in [1.82, 2.24) is 0 Å². The Morgan fingerprint density at radius 3 is 1.91 bits per heavy atom. The van der Waals surface area contributed by atoms with Gasteiger partial charge in [-0.2, -0.15) is 0 Å². The van der Waals surface area contributed by atoms with Crippen molar-refractivity contribution in [2.24, 2.45) is 0 Å². The summed E-state index contributed by atoms with van der Waals surface area (Å²) in [6.45, 7) is 6.80. The van der Waals surface area contributed by atoms with E-state index in [2.05, 4.69) is 0 Å². The number of ether oxygens (including phenoxy) is 6. The summed E-state index contributed by atoms with van der Waals surface area (Å²) in [5, 5.41) is 11.5. The van der Waals surface area contributed by atoms with Gasteiger partial charge in [-0.25, -0.2) is 4.79 Å². The van der Waals surface area contributed by atoms with E-state index in [1.807, 2.05) is 0 Å². The Hall–Kier alpha value is -4.52. The summed E-state index contributed by atoms with van der Waals surface area (Å²) in [7, 11) is 0. The lowest BCUT2D eigenvalue weighted by Crippen LogP contribution is -2.62. The van der Waals surface area contributed by atoms with Crippen LogP contribution >= 0.6 is 0 Å². The minimum atomic E-state index is -1.48. The van der Waals surface area contributed by atoms with Gasteiger partial charge >= 0.3 is 23.9 Å². The van der Waals surface area contributed by atoms with Crippen LogP contribution in [0.2, 0.25) is 0 Å². The molecule has 0 bridgehead atoms. The summed E-state index contributed by atoms with van der Waals surface area (Å²) in [5.74, 6) is -2.93. The van der Waals surface area contributed by atoms with Gasteiger partial charge in [0.2, 0.25) is 12.4 Å². The minimum Gasteiger partial charge on any atom is -0.460 e. The summed E-state index contributed by atoms with van der Waals surface area (Å²) in [6.07, 6.45) is -4.76. The fourth-order valence-corrected chi connectivity index (χ4v) is 4.55. The second kappa shape index (κ2) is 17.1. The van der Waals surface area contributed by atoms with Crippen LogP contribution < -0.4 is 4.74 Å². The zero-order valence-corrected chi connectivity index (χ0v) is 25.8. The van der Waals surface area contributed by atoms with E-state index in [4.69, 9.17) is 28.4 Å². The summed E-state index contributed by atoms with van der Waals surface area (Å²) in [4.78, 5) is 62.1. The Bertz CT molecular complexity index is 1330. The van der Waals surface area contributed by atoms with E-state index in [1.165, 1.54) is 6.07 Å². The second-order valence-electron chi connectivity index (χ2n) is 10.4. The molecule has 1 saturated heterocycles. The highest BCUT2D eigenvalue weighted by atomic mass is 16.7. The number of hydrogen-bond donors (Lipinski definition) is 0. The molecule has 0 radical (unpaired) electrons. The number of hydrogen-bond acceptors (Lipinski definition) is 12. The summed E-state index contributed by atoms with van der Waals surface area (Å²) in [5.41, 5.74) is 0.00432. The lowest BCUT2D eigenvalue weighted by atomic mass is 9.98. The first-order valence-corrected chi connectivity index (χ1v) is 15.0. The topological polar surface area (TPSA) is 167 Å². The number of carbonyl (C=O) groups is 4. The third-order valence-electron chi connectivity index (χ3n) is 6.74. The van der Waals surface area contributed by atoms with Crippen molar-refractivity contribution < 1.29 is 52.5 Å². The Morgan fingerprint density at radius 2 is 1.36 bits per heavy atom. The van der Waals surface area contributed by atoms with Crippen LogP contribution in [0.15, 0.2) is 48.5 Å². The van der Waals surface area contributed by atoms with Gasteiger partial charge in [0.25, 0.3) is 5.69 Å². The van der Waals surface area contributed by atoms with Gasteiger partial charge in [-0.3, -0.25) is 24.5 Å². The van der Waals surface area contributed by atoms with Crippen molar-refractivity contribution >= 4 is 29.6 Å². The molecule has 0 amide bonds. The van der Waals surface area contributed by atoms with Crippen LogP contribution in [0.4, 0.5) is 5.69 Å². The van der Waals surface area contributed by atoms with Crippen molar-refractivity contribution in [3.63, 3.8) is 0 Å². The highest BCUT2D eigenvalue weighted by Crippen LogP contribution is 2.33. The number of nitro benzene ring substituents is 1. The molecule has 0 aliphatic carbocycles. The van der Waals surface area contributed by atoms with Gasteiger partial charge in [0, 0.05) is 31.4 Å². The largest absolute Gasteiger partial charge is 0.460 e. The molecule has 1 aliphatic rings. The van der Waals surface area contributed by atoms with E-state index in [1.54, 1.807) is 58.0 Å². The zero-order chi connectivity index (χ0) is 32.9. The highest BCUT2D eigenvalue weighted by molar-refractivity contribution is 5.93. The normalized spacial score (nSPS) is 20.8. The molecule has 3 rings (SSSR count). The first kappa shape index (κ1) is 35.0. The van der Waals surface area contributed by atoms with Gasteiger partial charge in [-0.1, -0.05) is 51.1 Å². The molecular formula is C32H39NO12. The molecule has 2 aromatic carbocycles. The molecule has 5 atom stereocenters. The molecule has 1 heterocycles. The number of carbonyl (C=O) groups excluding carboxylic acids is 4. The van der Waals surface area contributed by atoms with E-state index in [9.17, 15) is 29.3 Å². The molecule has 1 fully saturated rings. The maximum absolute atomic E-state index is 13.2. The van der Waals surface area contributed by atoms with Crippen LogP contribution in [0, 0.1) is 10.1 Å². The van der Waals surface area contributed by atoms with E-state index in [0.717, 1.165) is 12.1 Å². The zero-order valence-electron chi connectivity index (χ0n) is 25.8. The third-order valence-corrected chi connectivity index (χ3v) is 6.74. The van der Waals surface area contributed by atoms with Crippen molar-refractivity contribution in [2.45, 2.75) is 104 Å². The maximum Gasteiger partial charge on any atom is 0.342 e. The SMILES string of the molecule is CCCC(=O)O[C@@H]1[C@@H](OC(=O)CCC)[C@H](C)O[C@@H](Oc2ccc([N+](=O)[O-])cc2C(=O)OCc2ccccc2)[C@@H]1OC(=O)CCC. The van der Waals surface area contributed by atoms with E-state index < -0.39 is 65.2 Å². The Labute approximate surface area is 261 Å². The number of rotatable bonds is 15. The van der Waals surface area contributed by atoms with Crippen molar-refractivity contribution in [3.8, 4) is 5.75 Å². The first-order chi connectivity index (χ1) is 21.6. The van der Waals surface area contributed by atoms with Crippen molar-refractivity contribution in [3.05, 3.63) is 69.8 Å². The number of non-ortho nitro benzene ring substituents is 1. The first-order valence-electron chi connectivity index (χ1n) is 15.0. The lowest BCUT2D eigenvalue weighted by molar-refractivity contribution is -0.384. The quantitative estimate of drug-likeness (QED) is 0.109. The Kier molecular flexibility index (Phi) is 13.3. The van der Waals surface area contributed by atoms with Gasteiger partial charge in [-0.15, -0.1) is 0 Å². The summed E-state index contributed by atoms with van der Waals surface area (Å²) < 4.78 is 34.6. The second-order valence-corrected chi connectivity index (χ2v) is 10.4. The Balaban J connectivity index is 2.01. The molecular weight excluding hydrogens is 590 g/mol. The molecule has 13 nitrogen and oxygen atoms in total. The molecule has 244 valence electrons. The van der Waals surface area contributed by atoms with Gasteiger partial charge in [0.15, 0.2) is 12.2 Å². The van der Waals surface area contributed by atoms with Crippen LogP contribution in [0.25, 0.3) is 0 Å². The van der Waals surface area contributed by atoms with Gasteiger partial charge in [0.05, 0.1) is 11.0 Å². The monoisotopic (exact) mass is 629 g/mol. The number of nitro groups is 1. The molecule has 0 saturated carbocycles. The molecule has 1 aliphatic heterocycles. The number of benzene rings is 2. The van der Waals surface area contributed by atoms with E-state index in [-0.39, 0.29) is 37.2 Å². The fraction of sp³-hybridized carbons (Fsp3) is 0.500. The summed E-state index contributed by atoms with van der Waals surface area (Å²) >= 11 is 0. The minimum absolute atomic E-state index is 0.0171. The van der Waals surface area contributed by atoms with Gasteiger partial charge in [-0.05, 0) is 37.8 Å². The molecule has 0 unspecified atom stereocenters. The lowest BCUT2D eigenvalue weighted by Gasteiger charge is -2.43. The van der Waals surface area contributed by atoms with Crippen LogP contribution in [-0.4, -0.2) is 59.5 Å². The number of esters is 4. The Morgan fingerprint density at radius 1 is 0.800 bits per heavy atom. The van der Waals surface area contributed by atoms with E-state index >= 15 is 0 Å². The van der Waals surface area contributed by atoms with Crippen molar-refractivity contribution in [2.75, 3.05) is 0 Å². The van der Waals surface area contributed by atoms with Crippen LogP contribution in [0.3, 0.4) is 0 Å². The average Bonchev–Trinajstić information content (AvgIpc) is 3.00. The average molecular weight is 630 g/mol. The van der Waals surface area contributed by atoms with Gasteiger partial charge in [0.1, 0.15) is 17.9 Å². The highest BCUT2D eigenvalue weighted by Gasteiger charge is 2.52. The fourth-order valence-electron chi connectivity index (χ4n) is 4.55. The maximum atomic E-state index is 13.2. The molecule has 0 N–H and O–H groups in total. The smallest absolute Gasteiger partial charge is 0.342 e. The van der Waals surface area contributed by atoms with Gasteiger partial charge < -0.3 is 28.4 Å². The standard InChI is InChI=1S/C32H39NO12/c1-5-11-25(34)43-28-20(4)41-32(30(45-27(36)13-7-3)29(28)44-26(35)12-6-2)42-24-17-16-22(33(38)39)18-23(24)31(37)40-19-21-14-9-8-10-15-21/h8-10,14-18,20,28-30,32H,5-7,11-13,19H2,1-4H3/t20-,28-,29+,30+,32-/m0/s1. The predicted molar refractivity (Wildman–Crippen MR) is 158 cm³/mol. The van der Waals surface area contributed by atoms with Crippen molar-refractivity contribution in [1.29, 1.82) is 0 Å². The number of nitrogens with zero attached hydrogens (tertiary/aromatic N) is 1. The molecule has 0 spiro atoms. The van der Waals surface area contributed by atoms with Crippen LogP contribution in [0.1, 0.15) is 82.1 Å². The predicted octanol–water partition coefficient (Wildman–Crippen LogP) is 5.21. The van der Waals surface area contributed by atoms with Crippen LogP contribution in [-0.2, 0) is 44.7 Å². The molecule has 45 heavy (non-hydrogen) atoms. The van der Waals surface area contributed by atoms with E-state index in [0.29, 0.717) is 24.8 Å². The molecule has 2 aromatic rings. The summed E-state index contributed by atoms with van der Waals surface area (Å²) in [6, 6.07) is 12.1. The molecule has 13 heteroatoms. The van der Waals surface area contributed by atoms with Crippen LogP contribution in [0.5, 0.6) is 5.75 Å².